The number of ketones is 1. The van der Waals surface area contributed by atoms with E-state index in [1.54, 1.807) is 24.3 Å². The standard InChI is InChI=1S/C20H22O3/c1-15(2-3-16-4-9-18(21)10-5-16)14-20(23)13-8-17-6-11-19(22)12-7-17/h4-7,9-12,21-22H,1-3,8,13-14H2. The third kappa shape index (κ3) is 5.99. The van der Waals surface area contributed by atoms with Crippen LogP contribution in [0.3, 0.4) is 0 Å². The van der Waals surface area contributed by atoms with Crippen LogP contribution in [0, 0.1) is 0 Å². The maximum Gasteiger partial charge on any atom is 0.137 e. The Hall–Kier alpha value is -2.55. The molecule has 0 aliphatic rings. The summed E-state index contributed by atoms with van der Waals surface area (Å²) >= 11 is 0. The van der Waals surface area contributed by atoms with Gasteiger partial charge in [0, 0.05) is 12.8 Å². The lowest BCUT2D eigenvalue weighted by atomic mass is 9.99. The molecule has 2 rings (SSSR count). The van der Waals surface area contributed by atoms with Crippen molar-refractivity contribution in [2.24, 2.45) is 0 Å². The van der Waals surface area contributed by atoms with Gasteiger partial charge in [0.2, 0.25) is 0 Å². The SMILES string of the molecule is C=C(CCc1ccc(O)cc1)CC(=O)CCc1ccc(O)cc1. The minimum atomic E-state index is 0.189. The van der Waals surface area contributed by atoms with Gasteiger partial charge in [0.1, 0.15) is 17.3 Å². The number of phenolic OH excluding ortho intramolecular Hbond substituents is 2. The molecule has 2 aromatic carbocycles. The van der Waals surface area contributed by atoms with Gasteiger partial charge in [0.25, 0.3) is 0 Å². The minimum Gasteiger partial charge on any atom is -0.508 e. The molecule has 0 amide bonds. The van der Waals surface area contributed by atoms with Crippen molar-refractivity contribution in [1.82, 2.24) is 0 Å². The van der Waals surface area contributed by atoms with Gasteiger partial charge in [0.05, 0.1) is 0 Å². The van der Waals surface area contributed by atoms with E-state index in [9.17, 15) is 15.0 Å². The highest BCUT2D eigenvalue weighted by atomic mass is 16.3. The van der Waals surface area contributed by atoms with Gasteiger partial charge in [-0.15, -0.1) is 0 Å². The van der Waals surface area contributed by atoms with Gasteiger partial charge < -0.3 is 10.2 Å². The lowest BCUT2D eigenvalue weighted by Crippen LogP contribution is -2.02. The average molecular weight is 310 g/mol. The van der Waals surface area contributed by atoms with Gasteiger partial charge in [-0.05, 0) is 54.7 Å². The molecule has 0 atom stereocenters. The second kappa shape index (κ2) is 8.18. The van der Waals surface area contributed by atoms with Crippen molar-refractivity contribution in [2.45, 2.75) is 32.1 Å². The van der Waals surface area contributed by atoms with E-state index in [4.69, 9.17) is 0 Å². The topological polar surface area (TPSA) is 57.5 Å². The van der Waals surface area contributed by atoms with Crippen LogP contribution in [0.15, 0.2) is 60.7 Å². The van der Waals surface area contributed by atoms with E-state index in [-0.39, 0.29) is 17.3 Å². The maximum atomic E-state index is 12.0. The van der Waals surface area contributed by atoms with Crippen LogP contribution in [0.25, 0.3) is 0 Å². The third-order valence-corrected chi connectivity index (χ3v) is 3.78. The molecule has 0 radical (unpaired) electrons. The average Bonchev–Trinajstić information content (AvgIpc) is 2.54. The van der Waals surface area contributed by atoms with Crippen molar-refractivity contribution in [3.8, 4) is 11.5 Å². The molecule has 0 aliphatic carbocycles. The quantitative estimate of drug-likeness (QED) is 0.719. The van der Waals surface area contributed by atoms with Crippen LogP contribution < -0.4 is 0 Å². The van der Waals surface area contributed by atoms with E-state index >= 15 is 0 Å². The Morgan fingerprint density at radius 2 is 1.22 bits per heavy atom. The number of carbonyl (C=O) groups excluding carboxylic acids is 1. The predicted molar refractivity (Wildman–Crippen MR) is 91.6 cm³/mol. The molecule has 3 heteroatoms. The summed E-state index contributed by atoms with van der Waals surface area (Å²) in [4.78, 5) is 12.0. The molecule has 0 saturated carbocycles. The van der Waals surface area contributed by atoms with Crippen molar-refractivity contribution in [3.63, 3.8) is 0 Å². The Labute approximate surface area is 136 Å². The molecule has 0 aromatic heterocycles. The van der Waals surface area contributed by atoms with E-state index < -0.39 is 0 Å². The molecule has 2 N–H and O–H groups in total. The molecule has 0 unspecified atom stereocenters. The molecule has 3 nitrogen and oxygen atoms in total. The summed E-state index contributed by atoms with van der Waals surface area (Å²) in [5.74, 6) is 0.688. The number of allylic oxidation sites excluding steroid dienone is 1. The van der Waals surface area contributed by atoms with E-state index in [2.05, 4.69) is 6.58 Å². The van der Waals surface area contributed by atoms with Crippen LogP contribution in [0.2, 0.25) is 0 Å². The summed E-state index contributed by atoms with van der Waals surface area (Å²) in [6.45, 7) is 3.99. The van der Waals surface area contributed by atoms with Gasteiger partial charge in [0.15, 0.2) is 0 Å². The molecule has 0 spiro atoms. The fourth-order valence-electron chi connectivity index (χ4n) is 2.39. The highest BCUT2D eigenvalue weighted by Crippen LogP contribution is 2.16. The summed E-state index contributed by atoms with van der Waals surface area (Å²) in [6.07, 6.45) is 3.18. The fraction of sp³-hybridized carbons (Fsp3) is 0.250. The first-order valence-electron chi connectivity index (χ1n) is 7.77. The largest absolute Gasteiger partial charge is 0.508 e. The van der Waals surface area contributed by atoms with Crippen molar-refractivity contribution in [1.29, 1.82) is 0 Å². The van der Waals surface area contributed by atoms with Gasteiger partial charge in [-0.25, -0.2) is 0 Å². The Balaban J connectivity index is 1.70. The number of hydrogen-bond donors (Lipinski definition) is 2. The number of phenols is 2. The monoisotopic (exact) mass is 310 g/mol. The van der Waals surface area contributed by atoms with Crippen molar-refractivity contribution in [2.75, 3.05) is 0 Å². The molecule has 23 heavy (non-hydrogen) atoms. The van der Waals surface area contributed by atoms with Crippen LogP contribution in [-0.2, 0) is 17.6 Å². The van der Waals surface area contributed by atoms with Crippen LogP contribution in [0.1, 0.15) is 30.4 Å². The lowest BCUT2D eigenvalue weighted by molar-refractivity contribution is -0.118. The van der Waals surface area contributed by atoms with Crippen LogP contribution in [0.5, 0.6) is 11.5 Å². The number of hydrogen-bond acceptors (Lipinski definition) is 3. The number of benzene rings is 2. The zero-order chi connectivity index (χ0) is 16.7. The summed E-state index contributed by atoms with van der Waals surface area (Å²) in [6, 6.07) is 14.0. The van der Waals surface area contributed by atoms with E-state index in [1.807, 2.05) is 24.3 Å². The fourth-order valence-corrected chi connectivity index (χ4v) is 2.39. The lowest BCUT2D eigenvalue weighted by Gasteiger charge is -2.06. The summed E-state index contributed by atoms with van der Waals surface area (Å²) in [5.41, 5.74) is 3.11. The van der Waals surface area contributed by atoms with E-state index in [0.29, 0.717) is 19.3 Å². The van der Waals surface area contributed by atoms with E-state index in [1.165, 1.54) is 0 Å². The second-order valence-corrected chi connectivity index (χ2v) is 5.80. The Morgan fingerprint density at radius 1 is 0.783 bits per heavy atom. The zero-order valence-corrected chi connectivity index (χ0v) is 13.2. The maximum absolute atomic E-state index is 12.0. The smallest absolute Gasteiger partial charge is 0.137 e. The van der Waals surface area contributed by atoms with Gasteiger partial charge >= 0.3 is 0 Å². The zero-order valence-electron chi connectivity index (χ0n) is 13.2. The molecule has 2 aromatic rings. The first-order chi connectivity index (χ1) is 11.0. The Bertz CT molecular complexity index is 595. The van der Waals surface area contributed by atoms with E-state index in [0.717, 1.165) is 29.5 Å². The normalized spacial score (nSPS) is 10.4. The van der Waals surface area contributed by atoms with Gasteiger partial charge in [-0.2, -0.15) is 0 Å². The number of aryl methyl sites for hydroxylation is 2. The van der Waals surface area contributed by atoms with Crippen LogP contribution >= 0.6 is 0 Å². The van der Waals surface area contributed by atoms with Crippen molar-refractivity contribution in [3.05, 3.63) is 71.8 Å². The number of carbonyl (C=O) groups is 1. The van der Waals surface area contributed by atoms with Crippen LogP contribution in [-0.4, -0.2) is 16.0 Å². The number of aromatic hydroxyl groups is 2. The molecule has 120 valence electrons. The number of Topliss-reactive ketones (excluding diaryl/α,β-unsaturated/α-hetero) is 1. The Morgan fingerprint density at radius 3 is 1.70 bits per heavy atom. The molecule has 0 heterocycles. The predicted octanol–water partition coefficient (Wildman–Crippen LogP) is 4.18. The Kier molecular flexibility index (Phi) is 5.98. The molecule has 0 fully saturated rings. The summed E-state index contributed by atoms with van der Waals surface area (Å²) in [5, 5.41) is 18.5. The molecule has 0 bridgehead atoms. The first-order valence-corrected chi connectivity index (χ1v) is 7.77. The van der Waals surface area contributed by atoms with Crippen molar-refractivity contribution >= 4 is 5.78 Å². The highest BCUT2D eigenvalue weighted by molar-refractivity contribution is 5.80. The molecule has 0 saturated heterocycles. The summed E-state index contributed by atoms with van der Waals surface area (Å²) in [7, 11) is 0. The van der Waals surface area contributed by atoms with Gasteiger partial charge in [-0.1, -0.05) is 36.4 Å². The second-order valence-electron chi connectivity index (χ2n) is 5.80. The molecule has 0 aliphatic heterocycles. The molecular formula is C20H22O3. The van der Waals surface area contributed by atoms with Gasteiger partial charge in [-0.3, -0.25) is 4.79 Å². The van der Waals surface area contributed by atoms with Crippen molar-refractivity contribution < 1.29 is 15.0 Å². The molecular weight excluding hydrogens is 288 g/mol. The highest BCUT2D eigenvalue weighted by Gasteiger charge is 2.06. The number of rotatable bonds is 8. The van der Waals surface area contributed by atoms with Crippen LogP contribution in [0.4, 0.5) is 0 Å². The summed E-state index contributed by atoms with van der Waals surface area (Å²) < 4.78 is 0. The minimum absolute atomic E-state index is 0.189. The third-order valence-electron chi connectivity index (χ3n) is 3.78. The first kappa shape index (κ1) is 16.8.